The van der Waals surface area contributed by atoms with Gasteiger partial charge in [-0.15, -0.1) is 5.10 Å². The van der Waals surface area contributed by atoms with Gasteiger partial charge in [0.2, 0.25) is 0 Å². The van der Waals surface area contributed by atoms with Gasteiger partial charge < -0.3 is 5.11 Å². The molecule has 1 fully saturated rings. The quantitative estimate of drug-likeness (QED) is 0.830. The summed E-state index contributed by atoms with van der Waals surface area (Å²) in [5.41, 5.74) is 0.938. The van der Waals surface area contributed by atoms with Crippen LogP contribution in [0.25, 0.3) is 0 Å². The first-order valence-electron chi connectivity index (χ1n) is 5.88. The van der Waals surface area contributed by atoms with Gasteiger partial charge in [0.05, 0.1) is 11.6 Å². The number of aryl methyl sites for hydroxylation is 1. The fraction of sp³-hybridized carbons (Fsp3) is 0.727. The summed E-state index contributed by atoms with van der Waals surface area (Å²) in [6.45, 7) is 3.64. The average Bonchev–Trinajstić information content (AvgIpc) is 2.67. The van der Waals surface area contributed by atoms with Crippen molar-refractivity contribution in [1.82, 2.24) is 19.9 Å². The Hall–Kier alpha value is -1.43. The topological polar surface area (TPSA) is 71.2 Å². The van der Waals surface area contributed by atoms with Gasteiger partial charge >= 0.3 is 5.97 Å². The summed E-state index contributed by atoms with van der Waals surface area (Å²) in [6.07, 6.45) is 3.34. The zero-order chi connectivity index (χ0) is 12.4. The molecule has 0 radical (unpaired) electrons. The highest BCUT2D eigenvalue weighted by atomic mass is 16.4. The molecule has 2 unspecified atom stereocenters. The van der Waals surface area contributed by atoms with Gasteiger partial charge in [0, 0.05) is 25.8 Å². The van der Waals surface area contributed by atoms with Crippen LogP contribution in [0.1, 0.15) is 25.5 Å². The molecule has 2 atom stereocenters. The molecule has 0 saturated carbocycles. The molecule has 0 aliphatic carbocycles. The summed E-state index contributed by atoms with van der Waals surface area (Å²) in [7, 11) is 1.84. The van der Waals surface area contributed by atoms with E-state index in [1.54, 1.807) is 4.68 Å². The number of piperidine rings is 1. The fourth-order valence-corrected chi connectivity index (χ4v) is 2.36. The minimum absolute atomic E-state index is 0.192. The maximum Gasteiger partial charge on any atom is 0.306 e. The number of likely N-dealkylation sites (tertiary alicyclic amines) is 1. The van der Waals surface area contributed by atoms with Crippen molar-refractivity contribution in [2.75, 3.05) is 6.54 Å². The third-order valence-electron chi connectivity index (χ3n) is 3.38. The second kappa shape index (κ2) is 4.83. The van der Waals surface area contributed by atoms with Gasteiger partial charge in [-0.1, -0.05) is 5.21 Å². The smallest absolute Gasteiger partial charge is 0.306 e. The molecule has 1 aliphatic heterocycles. The minimum atomic E-state index is -0.670. The maximum atomic E-state index is 10.9. The summed E-state index contributed by atoms with van der Waals surface area (Å²) in [5, 5.41) is 16.9. The summed E-state index contributed by atoms with van der Waals surface area (Å²) in [6, 6.07) is 0.284. The van der Waals surface area contributed by atoms with Gasteiger partial charge in [-0.05, 0) is 26.3 Å². The molecular weight excluding hydrogens is 220 g/mol. The lowest BCUT2D eigenvalue weighted by molar-refractivity contribution is -0.144. The first kappa shape index (κ1) is 12.0. The van der Waals surface area contributed by atoms with Crippen molar-refractivity contribution in [1.29, 1.82) is 0 Å². The van der Waals surface area contributed by atoms with E-state index in [0.29, 0.717) is 0 Å². The molecule has 0 spiro atoms. The van der Waals surface area contributed by atoms with Crippen molar-refractivity contribution in [3.8, 4) is 0 Å². The number of carboxylic acid groups (broad SMARTS) is 1. The highest BCUT2D eigenvalue weighted by molar-refractivity contribution is 5.70. The molecule has 0 aromatic carbocycles. The van der Waals surface area contributed by atoms with E-state index in [0.717, 1.165) is 31.6 Å². The summed E-state index contributed by atoms with van der Waals surface area (Å²) >= 11 is 0. The van der Waals surface area contributed by atoms with E-state index in [4.69, 9.17) is 5.11 Å². The highest BCUT2D eigenvalue weighted by Gasteiger charge is 2.29. The van der Waals surface area contributed by atoms with Gasteiger partial charge in [-0.2, -0.15) is 0 Å². The molecule has 2 rings (SSSR count). The van der Waals surface area contributed by atoms with Crippen molar-refractivity contribution in [2.24, 2.45) is 13.0 Å². The van der Waals surface area contributed by atoms with E-state index in [1.165, 1.54) is 0 Å². The third-order valence-corrected chi connectivity index (χ3v) is 3.38. The normalized spacial score (nSPS) is 26.0. The van der Waals surface area contributed by atoms with E-state index < -0.39 is 5.97 Å². The van der Waals surface area contributed by atoms with Crippen molar-refractivity contribution < 1.29 is 9.90 Å². The van der Waals surface area contributed by atoms with Crippen LogP contribution in [0.15, 0.2) is 6.20 Å². The average molecular weight is 238 g/mol. The molecular formula is C11H18N4O2. The first-order valence-corrected chi connectivity index (χ1v) is 5.88. The summed E-state index contributed by atoms with van der Waals surface area (Å²) < 4.78 is 1.68. The van der Waals surface area contributed by atoms with Crippen molar-refractivity contribution in [3.63, 3.8) is 0 Å². The minimum Gasteiger partial charge on any atom is -0.481 e. The van der Waals surface area contributed by atoms with Gasteiger partial charge in [-0.25, -0.2) is 0 Å². The number of hydrogen-bond acceptors (Lipinski definition) is 4. The highest BCUT2D eigenvalue weighted by Crippen LogP contribution is 2.24. The molecule has 6 nitrogen and oxygen atoms in total. The Morgan fingerprint density at radius 3 is 2.94 bits per heavy atom. The Morgan fingerprint density at radius 1 is 1.65 bits per heavy atom. The van der Waals surface area contributed by atoms with Crippen molar-refractivity contribution >= 4 is 5.97 Å². The Morgan fingerprint density at radius 2 is 2.41 bits per heavy atom. The lowest BCUT2D eigenvalue weighted by Crippen LogP contribution is -2.42. The van der Waals surface area contributed by atoms with Gasteiger partial charge in [0.1, 0.15) is 0 Å². The molecule has 1 aromatic heterocycles. The summed E-state index contributed by atoms with van der Waals surface area (Å²) in [5.74, 6) is -0.862. The second-order valence-electron chi connectivity index (χ2n) is 4.76. The van der Waals surface area contributed by atoms with Crippen molar-refractivity contribution in [2.45, 2.75) is 32.4 Å². The van der Waals surface area contributed by atoms with Crippen LogP contribution in [-0.4, -0.2) is 43.6 Å². The fourth-order valence-electron chi connectivity index (χ4n) is 2.36. The Bertz CT molecular complexity index is 404. The predicted molar refractivity (Wildman–Crippen MR) is 61.2 cm³/mol. The monoisotopic (exact) mass is 238 g/mol. The van der Waals surface area contributed by atoms with Gasteiger partial charge in [0.25, 0.3) is 0 Å². The lowest BCUT2D eigenvalue weighted by atomic mass is 9.92. The second-order valence-corrected chi connectivity index (χ2v) is 4.76. The number of hydrogen-bond donors (Lipinski definition) is 1. The molecule has 2 heterocycles. The van der Waals surface area contributed by atoms with Crippen LogP contribution in [0.5, 0.6) is 0 Å². The molecule has 0 bridgehead atoms. The van der Waals surface area contributed by atoms with Gasteiger partial charge in [-0.3, -0.25) is 14.4 Å². The molecule has 94 valence electrons. The van der Waals surface area contributed by atoms with E-state index in [1.807, 2.05) is 13.2 Å². The van der Waals surface area contributed by atoms with E-state index in [9.17, 15) is 4.79 Å². The number of carboxylic acids is 1. The molecule has 0 amide bonds. The first-order chi connectivity index (χ1) is 8.06. The number of rotatable bonds is 3. The zero-order valence-corrected chi connectivity index (χ0v) is 10.2. The zero-order valence-electron chi connectivity index (χ0n) is 10.2. The van der Waals surface area contributed by atoms with Crippen molar-refractivity contribution in [3.05, 3.63) is 11.9 Å². The Kier molecular flexibility index (Phi) is 3.42. The number of aliphatic carboxylic acids is 1. The Balaban J connectivity index is 1.93. The molecule has 6 heteroatoms. The third kappa shape index (κ3) is 2.82. The van der Waals surface area contributed by atoms with Crippen LogP contribution in [0.3, 0.4) is 0 Å². The maximum absolute atomic E-state index is 10.9. The van der Waals surface area contributed by atoms with E-state index in [-0.39, 0.29) is 12.0 Å². The molecule has 1 aliphatic rings. The molecule has 1 aromatic rings. The Labute approximate surface area is 100 Å². The number of nitrogens with zero attached hydrogens (tertiary/aromatic N) is 4. The van der Waals surface area contributed by atoms with Gasteiger partial charge in [0.15, 0.2) is 0 Å². The lowest BCUT2D eigenvalue weighted by Gasteiger charge is -2.35. The largest absolute Gasteiger partial charge is 0.481 e. The summed E-state index contributed by atoms with van der Waals surface area (Å²) in [4.78, 5) is 13.2. The molecule has 17 heavy (non-hydrogen) atoms. The van der Waals surface area contributed by atoms with Crippen LogP contribution in [0.4, 0.5) is 0 Å². The number of carbonyl (C=O) groups is 1. The molecule has 1 saturated heterocycles. The molecule has 1 N–H and O–H groups in total. The standard InChI is InChI=1S/C11H18N4O2/c1-8-5-9(11(16)17)3-4-15(8)7-10-6-14(2)13-12-10/h6,8-9H,3-5,7H2,1-2H3,(H,16,17). The van der Waals surface area contributed by atoms with Crippen LogP contribution < -0.4 is 0 Å². The SMILES string of the molecule is CC1CC(C(=O)O)CCN1Cc1cn(C)nn1. The van der Waals surface area contributed by atoms with Crippen LogP contribution in [0, 0.1) is 5.92 Å². The van der Waals surface area contributed by atoms with Crippen LogP contribution >= 0.6 is 0 Å². The van der Waals surface area contributed by atoms with Crippen LogP contribution in [0.2, 0.25) is 0 Å². The van der Waals surface area contributed by atoms with E-state index in [2.05, 4.69) is 22.1 Å². The predicted octanol–water partition coefficient (Wildman–Crippen LogP) is 0.500. The number of aromatic nitrogens is 3. The van der Waals surface area contributed by atoms with Crippen LogP contribution in [-0.2, 0) is 18.4 Å². The van der Waals surface area contributed by atoms with E-state index >= 15 is 0 Å².